The highest BCUT2D eigenvalue weighted by molar-refractivity contribution is 5.67. The predicted octanol–water partition coefficient (Wildman–Crippen LogP) is 4.84. The first-order valence-electron chi connectivity index (χ1n) is 7.30. The standard InChI is InChI=1S/C18H24N2/c1-13(2)17-18(14(3)4)20(5)16(19-17)12-11-15-9-7-6-8-10-15/h6-14H,1-5H3. The van der Waals surface area contributed by atoms with Crippen molar-refractivity contribution in [3.63, 3.8) is 0 Å². The zero-order chi connectivity index (χ0) is 14.7. The van der Waals surface area contributed by atoms with E-state index in [-0.39, 0.29) is 0 Å². The highest BCUT2D eigenvalue weighted by Crippen LogP contribution is 2.26. The number of hydrogen-bond donors (Lipinski definition) is 0. The number of rotatable bonds is 4. The van der Waals surface area contributed by atoms with Crippen LogP contribution in [0.1, 0.15) is 62.3 Å². The lowest BCUT2D eigenvalue weighted by Crippen LogP contribution is -2.03. The molecule has 2 aromatic rings. The average Bonchev–Trinajstić information content (AvgIpc) is 2.75. The Morgan fingerprint density at radius 2 is 1.60 bits per heavy atom. The molecule has 0 unspecified atom stereocenters. The Kier molecular flexibility index (Phi) is 4.43. The quantitative estimate of drug-likeness (QED) is 0.776. The molecule has 0 fully saturated rings. The molecule has 0 saturated heterocycles. The molecule has 0 saturated carbocycles. The van der Waals surface area contributed by atoms with Crippen LogP contribution in [0.3, 0.4) is 0 Å². The molecular formula is C18H24N2. The van der Waals surface area contributed by atoms with Crippen LogP contribution in [0.25, 0.3) is 12.2 Å². The first-order valence-corrected chi connectivity index (χ1v) is 7.30. The molecule has 2 nitrogen and oxygen atoms in total. The summed E-state index contributed by atoms with van der Waals surface area (Å²) >= 11 is 0. The van der Waals surface area contributed by atoms with Crippen LogP contribution in [0.5, 0.6) is 0 Å². The van der Waals surface area contributed by atoms with Crippen molar-refractivity contribution in [3.05, 3.63) is 53.1 Å². The van der Waals surface area contributed by atoms with Crippen LogP contribution in [0, 0.1) is 0 Å². The second kappa shape index (κ2) is 6.08. The van der Waals surface area contributed by atoms with Gasteiger partial charge in [0.15, 0.2) is 0 Å². The Balaban J connectivity index is 2.38. The fourth-order valence-corrected chi connectivity index (χ4v) is 2.54. The van der Waals surface area contributed by atoms with Crippen LogP contribution in [0.15, 0.2) is 30.3 Å². The van der Waals surface area contributed by atoms with Crippen LogP contribution >= 0.6 is 0 Å². The Bertz CT molecular complexity index is 589. The molecule has 0 N–H and O–H groups in total. The van der Waals surface area contributed by atoms with Gasteiger partial charge < -0.3 is 4.57 Å². The smallest absolute Gasteiger partial charge is 0.132 e. The second-order valence-corrected chi connectivity index (χ2v) is 5.85. The molecule has 1 aromatic carbocycles. The minimum absolute atomic E-state index is 0.456. The molecule has 0 bridgehead atoms. The van der Waals surface area contributed by atoms with Crippen molar-refractivity contribution in [2.24, 2.45) is 7.05 Å². The van der Waals surface area contributed by atoms with Gasteiger partial charge in [-0.15, -0.1) is 0 Å². The minimum atomic E-state index is 0.456. The van der Waals surface area contributed by atoms with E-state index in [1.807, 2.05) is 6.07 Å². The minimum Gasteiger partial charge on any atom is -0.331 e. The van der Waals surface area contributed by atoms with Crippen LogP contribution in [0.4, 0.5) is 0 Å². The van der Waals surface area contributed by atoms with E-state index in [0.29, 0.717) is 11.8 Å². The van der Waals surface area contributed by atoms with Gasteiger partial charge in [-0.05, 0) is 23.5 Å². The third-order valence-electron chi connectivity index (χ3n) is 3.52. The monoisotopic (exact) mass is 268 g/mol. The molecule has 1 aromatic heterocycles. The van der Waals surface area contributed by atoms with Crippen molar-refractivity contribution in [2.45, 2.75) is 39.5 Å². The number of nitrogens with zero attached hydrogens (tertiary/aromatic N) is 2. The second-order valence-electron chi connectivity index (χ2n) is 5.85. The van der Waals surface area contributed by atoms with Crippen LogP contribution in [-0.2, 0) is 7.05 Å². The van der Waals surface area contributed by atoms with E-state index >= 15 is 0 Å². The van der Waals surface area contributed by atoms with Crippen molar-refractivity contribution in [2.75, 3.05) is 0 Å². The highest BCUT2D eigenvalue weighted by atomic mass is 15.1. The van der Waals surface area contributed by atoms with E-state index in [1.54, 1.807) is 0 Å². The molecule has 2 heteroatoms. The molecular weight excluding hydrogens is 244 g/mol. The van der Waals surface area contributed by atoms with Gasteiger partial charge in [0.1, 0.15) is 5.82 Å². The Morgan fingerprint density at radius 1 is 0.950 bits per heavy atom. The first-order chi connectivity index (χ1) is 9.50. The van der Waals surface area contributed by atoms with Crippen molar-refractivity contribution < 1.29 is 0 Å². The summed E-state index contributed by atoms with van der Waals surface area (Å²) in [5.41, 5.74) is 3.76. The molecule has 2 rings (SSSR count). The normalized spacial score (nSPS) is 11.9. The third-order valence-corrected chi connectivity index (χ3v) is 3.52. The van der Waals surface area contributed by atoms with Crippen molar-refractivity contribution in [3.8, 4) is 0 Å². The summed E-state index contributed by atoms with van der Waals surface area (Å²) in [5, 5.41) is 0. The lowest BCUT2D eigenvalue weighted by molar-refractivity contribution is 0.706. The van der Waals surface area contributed by atoms with Gasteiger partial charge in [-0.3, -0.25) is 0 Å². The summed E-state index contributed by atoms with van der Waals surface area (Å²) < 4.78 is 2.22. The Morgan fingerprint density at radius 3 is 2.10 bits per heavy atom. The lowest BCUT2D eigenvalue weighted by Gasteiger charge is -2.11. The molecule has 106 valence electrons. The number of hydrogen-bond acceptors (Lipinski definition) is 1. The van der Waals surface area contributed by atoms with Gasteiger partial charge in [-0.2, -0.15) is 0 Å². The zero-order valence-electron chi connectivity index (χ0n) is 13.1. The van der Waals surface area contributed by atoms with Crippen molar-refractivity contribution >= 4 is 12.2 Å². The fraction of sp³-hybridized carbons (Fsp3) is 0.389. The van der Waals surface area contributed by atoms with Gasteiger partial charge in [-0.25, -0.2) is 4.98 Å². The maximum absolute atomic E-state index is 4.82. The average molecular weight is 268 g/mol. The lowest BCUT2D eigenvalue weighted by atomic mass is 10.0. The van der Waals surface area contributed by atoms with E-state index in [2.05, 4.69) is 75.7 Å². The van der Waals surface area contributed by atoms with Gasteiger partial charge in [0.25, 0.3) is 0 Å². The Labute approximate surface area is 122 Å². The first kappa shape index (κ1) is 14.6. The molecule has 0 aliphatic rings. The zero-order valence-corrected chi connectivity index (χ0v) is 13.1. The molecule has 20 heavy (non-hydrogen) atoms. The van der Waals surface area contributed by atoms with Crippen molar-refractivity contribution in [1.82, 2.24) is 9.55 Å². The van der Waals surface area contributed by atoms with Crippen LogP contribution < -0.4 is 0 Å². The highest BCUT2D eigenvalue weighted by Gasteiger charge is 2.18. The molecule has 0 aliphatic heterocycles. The molecule has 0 spiro atoms. The van der Waals surface area contributed by atoms with E-state index < -0.39 is 0 Å². The maximum atomic E-state index is 4.82. The van der Waals surface area contributed by atoms with E-state index in [4.69, 9.17) is 4.98 Å². The summed E-state index contributed by atoms with van der Waals surface area (Å²) in [6, 6.07) is 10.3. The number of imidazole rings is 1. The summed E-state index contributed by atoms with van der Waals surface area (Å²) in [7, 11) is 2.11. The summed E-state index contributed by atoms with van der Waals surface area (Å²) in [4.78, 5) is 4.82. The summed E-state index contributed by atoms with van der Waals surface area (Å²) in [6.07, 6.45) is 4.23. The molecule has 0 atom stereocenters. The van der Waals surface area contributed by atoms with Crippen molar-refractivity contribution in [1.29, 1.82) is 0 Å². The van der Waals surface area contributed by atoms with Gasteiger partial charge in [0, 0.05) is 12.7 Å². The third kappa shape index (κ3) is 3.01. The van der Waals surface area contributed by atoms with Crippen LogP contribution in [-0.4, -0.2) is 9.55 Å². The number of aromatic nitrogens is 2. The summed E-state index contributed by atoms with van der Waals surface area (Å²) in [5.74, 6) is 1.97. The fourth-order valence-electron chi connectivity index (χ4n) is 2.54. The summed E-state index contributed by atoms with van der Waals surface area (Å²) in [6.45, 7) is 8.87. The molecule has 0 radical (unpaired) electrons. The van der Waals surface area contributed by atoms with E-state index in [9.17, 15) is 0 Å². The van der Waals surface area contributed by atoms with E-state index in [1.165, 1.54) is 17.0 Å². The van der Waals surface area contributed by atoms with Gasteiger partial charge in [0.2, 0.25) is 0 Å². The molecule has 1 heterocycles. The van der Waals surface area contributed by atoms with Gasteiger partial charge in [-0.1, -0.05) is 64.1 Å². The van der Waals surface area contributed by atoms with E-state index in [0.717, 1.165) is 5.82 Å². The number of benzene rings is 1. The molecule has 0 amide bonds. The SMILES string of the molecule is CC(C)c1nc(C=Cc2ccccc2)n(C)c1C(C)C. The van der Waals surface area contributed by atoms with Gasteiger partial charge >= 0.3 is 0 Å². The topological polar surface area (TPSA) is 17.8 Å². The maximum Gasteiger partial charge on any atom is 0.132 e. The van der Waals surface area contributed by atoms with Crippen LogP contribution in [0.2, 0.25) is 0 Å². The molecule has 0 aliphatic carbocycles. The predicted molar refractivity (Wildman–Crippen MR) is 86.8 cm³/mol. The van der Waals surface area contributed by atoms with Gasteiger partial charge in [0.05, 0.1) is 5.69 Å². The largest absolute Gasteiger partial charge is 0.331 e. The Hall–Kier alpha value is -1.83.